The number of hydrogen-bond donors (Lipinski definition) is 1. The zero-order valence-corrected chi connectivity index (χ0v) is 11.5. The molecule has 1 N–H and O–H groups in total. The molecule has 2 rings (SSSR count). The molecule has 1 unspecified atom stereocenters. The minimum absolute atomic E-state index is 0.0905. The number of nitrogens with zero attached hydrogens (tertiary/aromatic N) is 1. The molecule has 1 aromatic rings. The van der Waals surface area contributed by atoms with Crippen molar-refractivity contribution >= 4 is 5.91 Å². The van der Waals surface area contributed by atoms with E-state index in [1.807, 2.05) is 26.8 Å². The highest BCUT2D eigenvalue weighted by Crippen LogP contribution is 2.23. The summed E-state index contributed by atoms with van der Waals surface area (Å²) in [7, 11) is 0. The van der Waals surface area contributed by atoms with Crippen LogP contribution < -0.4 is 5.32 Å². The summed E-state index contributed by atoms with van der Waals surface area (Å²) < 4.78 is 0. The first-order chi connectivity index (χ1) is 8.59. The van der Waals surface area contributed by atoms with E-state index < -0.39 is 0 Å². The Labute approximate surface area is 109 Å². The van der Waals surface area contributed by atoms with Crippen molar-refractivity contribution in [3.63, 3.8) is 0 Å². The van der Waals surface area contributed by atoms with E-state index in [1.54, 1.807) is 6.20 Å². The Hall–Kier alpha value is -1.38. The van der Waals surface area contributed by atoms with E-state index in [2.05, 4.69) is 10.3 Å². The lowest BCUT2D eigenvalue weighted by Gasteiger charge is -2.18. The number of hydrogen-bond acceptors (Lipinski definition) is 2. The van der Waals surface area contributed by atoms with Crippen LogP contribution >= 0.6 is 0 Å². The fourth-order valence-electron chi connectivity index (χ4n) is 2.67. The lowest BCUT2D eigenvalue weighted by Crippen LogP contribution is -2.35. The van der Waals surface area contributed by atoms with E-state index in [-0.39, 0.29) is 11.8 Å². The summed E-state index contributed by atoms with van der Waals surface area (Å²) >= 11 is 0. The molecule has 1 amide bonds. The molecular weight excluding hydrogens is 224 g/mol. The number of aromatic nitrogens is 1. The molecule has 1 saturated carbocycles. The summed E-state index contributed by atoms with van der Waals surface area (Å²) in [6.45, 7) is 6.00. The molecule has 18 heavy (non-hydrogen) atoms. The highest BCUT2D eigenvalue weighted by Gasteiger charge is 2.22. The lowest BCUT2D eigenvalue weighted by atomic mass is 9.95. The van der Waals surface area contributed by atoms with Crippen LogP contribution in [0.5, 0.6) is 0 Å². The average molecular weight is 246 g/mol. The van der Waals surface area contributed by atoms with Gasteiger partial charge in [-0.15, -0.1) is 0 Å². The number of rotatable bonds is 3. The van der Waals surface area contributed by atoms with Gasteiger partial charge in [-0.2, -0.15) is 0 Å². The van der Waals surface area contributed by atoms with Gasteiger partial charge in [-0.1, -0.05) is 12.8 Å². The Morgan fingerprint density at radius 1 is 1.39 bits per heavy atom. The van der Waals surface area contributed by atoms with Crippen LogP contribution in [0.2, 0.25) is 0 Å². The van der Waals surface area contributed by atoms with Gasteiger partial charge >= 0.3 is 0 Å². The molecule has 98 valence electrons. The van der Waals surface area contributed by atoms with Gasteiger partial charge in [0.05, 0.1) is 5.92 Å². The first-order valence-corrected chi connectivity index (χ1v) is 6.82. The van der Waals surface area contributed by atoms with Crippen molar-refractivity contribution in [3.05, 3.63) is 29.1 Å². The molecule has 1 aromatic heterocycles. The van der Waals surface area contributed by atoms with Gasteiger partial charge in [0.1, 0.15) is 0 Å². The van der Waals surface area contributed by atoms with E-state index in [1.165, 1.54) is 12.8 Å². The smallest absolute Gasteiger partial charge is 0.227 e. The molecule has 0 saturated heterocycles. The predicted molar refractivity (Wildman–Crippen MR) is 72.5 cm³/mol. The molecule has 1 heterocycles. The number of amides is 1. The molecule has 1 aliphatic rings. The van der Waals surface area contributed by atoms with Crippen LogP contribution in [0.25, 0.3) is 0 Å². The Kier molecular flexibility index (Phi) is 4.00. The van der Waals surface area contributed by atoms with Crippen LogP contribution in [-0.4, -0.2) is 16.9 Å². The highest BCUT2D eigenvalue weighted by atomic mass is 16.1. The van der Waals surface area contributed by atoms with Crippen molar-refractivity contribution in [2.24, 2.45) is 0 Å². The molecule has 0 bridgehead atoms. The largest absolute Gasteiger partial charge is 0.353 e. The average Bonchev–Trinajstić information content (AvgIpc) is 2.84. The number of pyridine rings is 1. The maximum absolute atomic E-state index is 12.2. The highest BCUT2D eigenvalue weighted by molar-refractivity contribution is 5.83. The molecule has 1 aliphatic carbocycles. The summed E-state index contributed by atoms with van der Waals surface area (Å²) in [4.78, 5) is 16.5. The Morgan fingerprint density at radius 2 is 2.06 bits per heavy atom. The van der Waals surface area contributed by atoms with Crippen LogP contribution in [0.4, 0.5) is 0 Å². The van der Waals surface area contributed by atoms with E-state index in [4.69, 9.17) is 0 Å². The summed E-state index contributed by atoms with van der Waals surface area (Å²) in [5.41, 5.74) is 3.23. The Bertz CT molecular complexity index is 436. The summed E-state index contributed by atoms with van der Waals surface area (Å²) in [5, 5.41) is 3.16. The maximum atomic E-state index is 12.2. The van der Waals surface area contributed by atoms with Gasteiger partial charge in [-0.25, -0.2) is 0 Å². The topological polar surface area (TPSA) is 42.0 Å². The third-order valence-corrected chi connectivity index (χ3v) is 4.06. The van der Waals surface area contributed by atoms with Crippen molar-refractivity contribution in [2.45, 2.75) is 58.4 Å². The third-order valence-electron chi connectivity index (χ3n) is 4.06. The van der Waals surface area contributed by atoms with Crippen molar-refractivity contribution in [1.29, 1.82) is 0 Å². The quantitative estimate of drug-likeness (QED) is 0.891. The molecule has 0 radical (unpaired) electrons. The van der Waals surface area contributed by atoms with Crippen LogP contribution in [0, 0.1) is 13.8 Å². The SMILES string of the molecule is Cc1nccc(C(C)C(=O)NC2CCCC2)c1C. The van der Waals surface area contributed by atoms with Crippen molar-refractivity contribution in [3.8, 4) is 0 Å². The van der Waals surface area contributed by atoms with E-state index in [0.29, 0.717) is 6.04 Å². The number of carbonyl (C=O) groups excluding carboxylic acids is 1. The van der Waals surface area contributed by atoms with Gasteiger partial charge < -0.3 is 5.32 Å². The van der Waals surface area contributed by atoms with Gasteiger partial charge in [-0.05, 0) is 50.8 Å². The van der Waals surface area contributed by atoms with Gasteiger partial charge in [-0.3, -0.25) is 9.78 Å². The Balaban J connectivity index is 2.07. The first-order valence-electron chi connectivity index (χ1n) is 6.82. The molecule has 1 fully saturated rings. The minimum atomic E-state index is -0.0905. The fourth-order valence-corrected chi connectivity index (χ4v) is 2.67. The number of aryl methyl sites for hydroxylation is 1. The predicted octanol–water partition coefficient (Wildman–Crippen LogP) is 2.86. The molecule has 0 aromatic carbocycles. The van der Waals surface area contributed by atoms with Crippen LogP contribution in [0.1, 0.15) is 55.3 Å². The first kappa shape index (κ1) is 13.1. The number of nitrogens with one attached hydrogen (secondary N) is 1. The van der Waals surface area contributed by atoms with E-state index >= 15 is 0 Å². The summed E-state index contributed by atoms with van der Waals surface area (Å²) in [6, 6.07) is 2.35. The van der Waals surface area contributed by atoms with Crippen molar-refractivity contribution in [2.75, 3.05) is 0 Å². The monoisotopic (exact) mass is 246 g/mol. The maximum Gasteiger partial charge on any atom is 0.227 e. The molecule has 3 nitrogen and oxygen atoms in total. The van der Waals surface area contributed by atoms with Crippen molar-refractivity contribution in [1.82, 2.24) is 10.3 Å². The van der Waals surface area contributed by atoms with Gasteiger partial charge in [0.25, 0.3) is 0 Å². The fraction of sp³-hybridized carbons (Fsp3) is 0.600. The second kappa shape index (κ2) is 5.51. The van der Waals surface area contributed by atoms with Gasteiger partial charge in [0, 0.05) is 17.9 Å². The molecule has 3 heteroatoms. The zero-order valence-electron chi connectivity index (χ0n) is 11.5. The second-order valence-corrected chi connectivity index (χ2v) is 5.32. The standard InChI is InChI=1S/C15H22N2O/c1-10-12(3)16-9-8-14(10)11(2)15(18)17-13-6-4-5-7-13/h8-9,11,13H,4-7H2,1-3H3,(H,17,18). The van der Waals surface area contributed by atoms with Gasteiger partial charge in [0.15, 0.2) is 0 Å². The lowest BCUT2D eigenvalue weighted by molar-refractivity contribution is -0.122. The molecule has 0 spiro atoms. The van der Waals surface area contributed by atoms with E-state index in [9.17, 15) is 4.79 Å². The third kappa shape index (κ3) is 2.71. The van der Waals surface area contributed by atoms with Crippen LogP contribution in [-0.2, 0) is 4.79 Å². The van der Waals surface area contributed by atoms with E-state index in [0.717, 1.165) is 29.7 Å². The normalized spacial score (nSPS) is 17.7. The molecular formula is C15H22N2O. The molecule has 1 atom stereocenters. The number of carbonyl (C=O) groups is 1. The second-order valence-electron chi connectivity index (χ2n) is 5.32. The summed E-state index contributed by atoms with van der Waals surface area (Å²) in [6.07, 6.45) is 6.54. The Morgan fingerprint density at radius 3 is 2.72 bits per heavy atom. The van der Waals surface area contributed by atoms with Gasteiger partial charge in [0.2, 0.25) is 5.91 Å². The molecule has 0 aliphatic heterocycles. The van der Waals surface area contributed by atoms with Crippen molar-refractivity contribution < 1.29 is 4.79 Å². The summed E-state index contributed by atoms with van der Waals surface area (Å²) in [5.74, 6) is 0.0582. The zero-order chi connectivity index (χ0) is 13.1. The van der Waals surface area contributed by atoms with Crippen LogP contribution in [0.15, 0.2) is 12.3 Å². The van der Waals surface area contributed by atoms with Crippen LogP contribution in [0.3, 0.4) is 0 Å². The minimum Gasteiger partial charge on any atom is -0.353 e.